The number of nitrogens with one attached hydrogen (secondary N) is 1. The van der Waals surface area contributed by atoms with Crippen molar-refractivity contribution in [2.75, 3.05) is 5.75 Å². The molecule has 2 nitrogen and oxygen atoms in total. The van der Waals surface area contributed by atoms with Gasteiger partial charge in [0.15, 0.2) is 0 Å². The average Bonchev–Trinajstić information content (AvgIpc) is 2.41. The van der Waals surface area contributed by atoms with E-state index in [0.29, 0.717) is 0 Å². The van der Waals surface area contributed by atoms with E-state index in [1.54, 1.807) is 6.20 Å². The van der Waals surface area contributed by atoms with Gasteiger partial charge in [-0.05, 0) is 12.2 Å². The molecule has 0 bridgehead atoms. The Morgan fingerprint density at radius 1 is 1.70 bits per heavy atom. The van der Waals surface area contributed by atoms with Crippen molar-refractivity contribution in [3.63, 3.8) is 0 Å². The summed E-state index contributed by atoms with van der Waals surface area (Å²) < 4.78 is 0. The van der Waals surface area contributed by atoms with Crippen LogP contribution in [0.15, 0.2) is 18.5 Å². The summed E-state index contributed by atoms with van der Waals surface area (Å²) in [5.74, 6) is 0.897. The van der Waals surface area contributed by atoms with Crippen LogP contribution in [0.2, 0.25) is 0 Å². The first-order chi connectivity index (χ1) is 4.93. The molecule has 54 valence electrons. The number of nitrogens with zero attached hydrogens (tertiary/aromatic N) is 1. The molecule has 0 aliphatic rings. The van der Waals surface area contributed by atoms with Gasteiger partial charge in [-0.3, -0.25) is 5.10 Å². The molecule has 3 heteroatoms. The number of aromatic amines is 1. The zero-order valence-electron chi connectivity index (χ0n) is 5.62. The van der Waals surface area contributed by atoms with Crippen molar-refractivity contribution in [1.29, 1.82) is 0 Å². The third-order valence-electron chi connectivity index (χ3n) is 1.13. The topological polar surface area (TPSA) is 28.7 Å². The van der Waals surface area contributed by atoms with Gasteiger partial charge in [0.1, 0.15) is 0 Å². The Bertz CT molecular complexity index is 191. The Hall–Kier alpha value is -0.700. The van der Waals surface area contributed by atoms with Gasteiger partial charge in [-0.2, -0.15) is 17.7 Å². The average molecular weight is 154 g/mol. The molecule has 0 spiro atoms. The van der Waals surface area contributed by atoms with E-state index in [-0.39, 0.29) is 0 Å². The summed E-state index contributed by atoms with van der Waals surface area (Å²) in [6, 6.07) is 0. The van der Waals surface area contributed by atoms with Crippen LogP contribution in [-0.4, -0.2) is 16.0 Å². The lowest BCUT2D eigenvalue weighted by molar-refractivity contribution is 1.09. The van der Waals surface area contributed by atoms with Gasteiger partial charge in [-0.1, -0.05) is 12.2 Å². The maximum absolute atomic E-state index is 4.08. The molecule has 1 aromatic heterocycles. The van der Waals surface area contributed by atoms with E-state index in [0.717, 1.165) is 17.7 Å². The predicted molar refractivity (Wildman–Crippen MR) is 46.1 cm³/mol. The molecule has 0 atom stereocenters. The first-order valence-corrected chi connectivity index (χ1v) is 3.83. The van der Waals surface area contributed by atoms with Crippen LogP contribution in [0.25, 0.3) is 6.08 Å². The van der Waals surface area contributed by atoms with Crippen molar-refractivity contribution in [3.8, 4) is 0 Å². The summed E-state index contributed by atoms with van der Waals surface area (Å²) in [7, 11) is 0. The highest BCUT2D eigenvalue weighted by atomic mass is 32.1. The van der Waals surface area contributed by atoms with Crippen LogP contribution in [-0.2, 0) is 0 Å². The minimum absolute atomic E-state index is 0.897. The van der Waals surface area contributed by atoms with Crippen LogP contribution >= 0.6 is 12.6 Å². The lowest BCUT2D eigenvalue weighted by Crippen LogP contribution is -1.66. The van der Waals surface area contributed by atoms with Crippen molar-refractivity contribution in [2.45, 2.75) is 6.42 Å². The molecule has 0 unspecified atom stereocenters. The molecular weight excluding hydrogens is 144 g/mol. The van der Waals surface area contributed by atoms with Crippen LogP contribution < -0.4 is 0 Å². The number of aromatic nitrogens is 2. The van der Waals surface area contributed by atoms with E-state index in [4.69, 9.17) is 0 Å². The van der Waals surface area contributed by atoms with Gasteiger partial charge >= 0.3 is 0 Å². The molecule has 1 rings (SSSR count). The molecule has 1 heterocycles. The van der Waals surface area contributed by atoms with Gasteiger partial charge in [-0.25, -0.2) is 0 Å². The summed E-state index contributed by atoms with van der Waals surface area (Å²) in [5.41, 5.74) is 1.11. The highest BCUT2D eigenvalue weighted by molar-refractivity contribution is 7.80. The minimum atomic E-state index is 0.897. The summed E-state index contributed by atoms with van der Waals surface area (Å²) in [6.45, 7) is 0. The second-order valence-corrected chi connectivity index (χ2v) is 2.39. The lowest BCUT2D eigenvalue weighted by atomic mass is 10.3. The first kappa shape index (κ1) is 7.41. The van der Waals surface area contributed by atoms with Crippen LogP contribution in [0, 0.1) is 0 Å². The molecule has 0 aromatic carbocycles. The number of H-pyrrole nitrogens is 1. The summed E-state index contributed by atoms with van der Waals surface area (Å²) in [6.07, 6.45) is 8.76. The molecule has 1 N–H and O–H groups in total. The van der Waals surface area contributed by atoms with Crippen LogP contribution in [0.3, 0.4) is 0 Å². The molecule has 1 aromatic rings. The number of hydrogen-bond donors (Lipinski definition) is 2. The SMILES string of the molecule is SCCC=Cc1cn[nH]c1. The minimum Gasteiger partial charge on any atom is -0.285 e. The fourth-order valence-electron chi connectivity index (χ4n) is 0.646. The first-order valence-electron chi connectivity index (χ1n) is 3.19. The van der Waals surface area contributed by atoms with Crippen LogP contribution in [0.4, 0.5) is 0 Å². The van der Waals surface area contributed by atoms with Gasteiger partial charge in [0.2, 0.25) is 0 Å². The predicted octanol–water partition coefficient (Wildman–Crippen LogP) is 1.74. The van der Waals surface area contributed by atoms with Crippen molar-refractivity contribution >= 4 is 18.7 Å². The van der Waals surface area contributed by atoms with Crippen molar-refractivity contribution < 1.29 is 0 Å². The molecule has 0 radical (unpaired) electrons. The van der Waals surface area contributed by atoms with Gasteiger partial charge in [0.25, 0.3) is 0 Å². The third kappa shape index (κ3) is 2.27. The van der Waals surface area contributed by atoms with Crippen LogP contribution in [0.5, 0.6) is 0 Å². The Morgan fingerprint density at radius 2 is 2.60 bits per heavy atom. The lowest BCUT2D eigenvalue weighted by Gasteiger charge is -1.81. The summed E-state index contributed by atoms with van der Waals surface area (Å²) in [4.78, 5) is 0. The largest absolute Gasteiger partial charge is 0.285 e. The monoisotopic (exact) mass is 154 g/mol. The Kier molecular flexibility index (Phi) is 3.09. The fraction of sp³-hybridized carbons (Fsp3) is 0.286. The molecule has 0 aliphatic heterocycles. The van der Waals surface area contributed by atoms with Crippen molar-refractivity contribution in [3.05, 3.63) is 24.0 Å². The Labute approximate surface area is 65.8 Å². The molecular formula is C7H10N2S. The number of allylic oxidation sites excluding steroid dienone is 1. The second kappa shape index (κ2) is 4.17. The van der Waals surface area contributed by atoms with E-state index in [2.05, 4.69) is 28.9 Å². The van der Waals surface area contributed by atoms with Gasteiger partial charge < -0.3 is 0 Å². The molecule has 0 amide bonds. The van der Waals surface area contributed by atoms with E-state index >= 15 is 0 Å². The molecule has 0 aliphatic carbocycles. The van der Waals surface area contributed by atoms with E-state index in [1.165, 1.54) is 0 Å². The quantitative estimate of drug-likeness (QED) is 0.638. The van der Waals surface area contributed by atoms with E-state index in [1.807, 2.05) is 12.3 Å². The maximum atomic E-state index is 4.08. The molecule has 0 saturated heterocycles. The van der Waals surface area contributed by atoms with Crippen molar-refractivity contribution in [1.82, 2.24) is 10.2 Å². The van der Waals surface area contributed by atoms with E-state index < -0.39 is 0 Å². The van der Waals surface area contributed by atoms with Gasteiger partial charge in [0, 0.05) is 11.8 Å². The Morgan fingerprint density at radius 3 is 3.20 bits per heavy atom. The molecule has 0 fully saturated rings. The zero-order valence-corrected chi connectivity index (χ0v) is 6.51. The maximum Gasteiger partial charge on any atom is 0.0559 e. The third-order valence-corrected chi connectivity index (χ3v) is 1.38. The van der Waals surface area contributed by atoms with Crippen LogP contribution in [0.1, 0.15) is 12.0 Å². The normalized spacial score (nSPS) is 10.9. The number of hydrogen-bond acceptors (Lipinski definition) is 2. The zero-order chi connectivity index (χ0) is 7.23. The second-order valence-electron chi connectivity index (χ2n) is 1.95. The van der Waals surface area contributed by atoms with Gasteiger partial charge in [0.05, 0.1) is 6.20 Å². The fourth-order valence-corrected chi connectivity index (χ4v) is 0.795. The van der Waals surface area contributed by atoms with Crippen molar-refractivity contribution in [2.24, 2.45) is 0 Å². The summed E-state index contributed by atoms with van der Waals surface area (Å²) >= 11 is 4.08. The van der Waals surface area contributed by atoms with E-state index in [9.17, 15) is 0 Å². The number of thiol groups is 1. The summed E-state index contributed by atoms with van der Waals surface area (Å²) in [5, 5.41) is 6.54. The molecule has 10 heavy (non-hydrogen) atoms. The highest BCUT2D eigenvalue weighted by Crippen LogP contribution is 1.98. The highest BCUT2D eigenvalue weighted by Gasteiger charge is 1.83. The smallest absolute Gasteiger partial charge is 0.0559 e. The van der Waals surface area contributed by atoms with Gasteiger partial charge in [-0.15, -0.1) is 0 Å². The molecule has 0 saturated carbocycles. The Balaban J connectivity index is 2.40. The standard InChI is InChI=1S/C7H10N2S/c10-4-2-1-3-7-5-8-9-6-7/h1,3,5-6,10H,2,4H2,(H,8,9). The number of rotatable bonds is 3.